The van der Waals surface area contributed by atoms with Gasteiger partial charge in [0.15, 0.2) is 0 Å². The van der Waals surface area contributed by atoms with Crippen molar-refractivity contribution in [2.45, 2.75) is 20.8 Å². The van der Waals surface area contributed by atoms with Gasteiger partial charge >= 0.3 is 0 Å². The molecule has 4 rings (SSSR count). The van der Waals surface area contributed by atoms with Gasteiger partial charge in [0.2, 0.25) is 0 Å². The number of carbonyl (C=O) groups excluding carboxylic acids is 1. The first-order valence-electron chi connectivity index (χ1n) is 9.64. The molecular formula is C23H25N3O2. The highest BCUT2D eigenvalue weighted by molar-refractivity contribution is 5.96. The van der Waals surface area contributed by atoms with E-state index in [-0.39, 0.29) is 5.91 Å². The van der Waals surface area contributed by atoms with Crippen LogP contribution in [0.1, 0.15) is 27.2 Å². The van der Waals surface area contributed by atoms with Gasteiger partial charge in [-0.15, -0.1) is 0 Å². The predicted molar refractivity (Wildman–Crippen MR) is 112 cm³/mol. The SMILES string of the molecule is Cc1cc(C)c2nc(C)cc(Nc3ccc(C(=O)N4CCOCC4)cc3)c2c1. The number of nitrogens with one attached hydrogen (secondary N) is 1. The maximum absolute atomic E-state index is 12.6. The van der Waals surface area contributed by atoms with Gasteiger partial charge in [-0.05, 0) is 62.7 Å². The molecule has 3 aromatic rings. The Morgan fingerprint density at radius 1 is 1.04 bits per heavy atom. The van der Waals surface area contributed by atoms with E-state index < -0.39 is 0 Å². The molecule has 144 valence electrons. The monoisotopic (exact) mass is 375 g/mol. The van der Waals surface area contributed by atoms with Crippen molar-refractivity contribution < 1.29 is 9.53 Å². The van der Waals surface area contributed by atoms with E-state index in [4.69, 9.17) is 9.72 Å². The number of benzene rings is 2. The number of fused-ring (bicyclic) bond motifs is 1. The fraction of sp³-hybridized carbons (Fsp3) is 0.304. The van der Waals surface area contributed by atoms with Crippen LogP contribution < -0.4 is 5.32 Å². The van der Waals surface area contributed by atoms with Crippen molar-refractivity contribution in [3.8, 4) is 0 Å². The first kappa shape index (κ1) is 18.4. The number of anilines is 2. The van der Waals surface area contributed by atoms with Gasteiger partial charge in [-0.25, -0.2) is 0 Å². The van der Waals surface area contributed by atoms with Crippen molar-refractivity contribution in [1.82, 2.24) is 9.88 Å². The molecule has 1 aromatic heterocycles. The number of morpholine rings is 1. The van der Waals surface area contributed by atoms with Crippen LogP contribution in [-0.2, 0) is 4.74 Å². The van der Waals surface area contributed by atoms with Crippen molar-refractivity contribution in [2.24, 2.45) is 0 Å². The number of rotatable bonds is 3. The van der Waals surface area contributed by atoms with Gasteiger partial charge < -0.3 is 15.0 Å². The zero-order chi connectivity index (χ0) is 19.7. The Morgan fingerprint density at radius 2 is 1.75 bits per heavy atom. The highest BCUT2D eigenvalue weighted by atomic mass is 16.5. The van der Waals surface area contributed by atoms with Crippen LogP contribution in [0.3, 0.4) is 0 Å². The van der Waals surface area contributed by atoms with Gasteiger partial charge in [0.1, 0.15) is 0 Å². The Labute approximate surface area is 165 Å². The molecule has 1 amide bonds. The van der Waals surface area contributed by atoms with Crippen LogP contribution >= 0.6 is 0 Å². The molecule has 1 saturated heterocycles. The summed E-state index contributed by atoms with van der Waals surface area (Å²) in [4.78, 5) is 19.2. The largest absolute Gasteiger partial charge is 0.378 e. The fourth-order valence-corrected chi connectivity index (χ4v) is 3.71. The number of nitrogens with zero attached hydrogens (tertiary/aromatic N) is 2. The van der Waals surface area contributed by atoms with Crippen molar-refractivity contribution in [3.63, 3.8) is 0 Å². The molecule has 28 heavy (non-hydrogen) atoms. The molecule has 5 heteroatoms. The maximum Gasteiger partial charge on any atom is 0.254 e. The number of amides is 1. The predicted octanol–water partition coefficient (Wildman–Crippen LogP) is 4.38. The van der Waals surface area contributed by atoms with E-state index in [1.54, 1.807) is 0 Å². The number of hydrogen-bond acceptors (Lipinski definition) is 4. The summed E-state index contributed by atoms with van der Waals surface area (Å²) in [5.74, 6) is 0.0614. The van der Waals surface area contributed by atoms with Gasteiger partial charge in [-0.1, -0.05) is 11.6 Å². The molecule has 0 saturated carbocycles. The Balaban J connectivity index is 1.60. The molecule has 0 bridgehead atoms. The van der Waals surface area contributed by atoms with Gasteiger partial charge in [0, 0.05) is 41.1 Å². The van der Waals surface area contributed by atoms with Crippen molar-refractivity contribution in [1.29, 1.82) is 0 Å². The third-order valence-corrected chi connectivity index (χ3v) is 5.09. The third kappa shape index (κ3) is 3.71. The Hall–Kier alpha value is -2.92. The minimum absolute atomic E-state index is 0.0614. The van der Waals surface area contributed by atoms with E-state index in [0.717, 1.165) is 28.0 Å². The lowest BCUT2D eigenvalue weighted by atomic mass is 10.0. The number of carbonyl (C=O) groups is 1. The molecule has 0 aliphatic carbocycles. The van der Waals surface area contributed by atoms with E-state index in [1.807, 2.05) is 36.1 Å². The van der Waals surface area contributed by atoms with E-state index in [0.29, 0.717) is 31.9 Å². The Bertz CT molecular complexity index is 1020. The van der Waals surface area contributed by atoms with E-state index >= 15 is 0 Å². The summed E-state index contributed by atoms with van der Waals surface area (Å²) in [5, 5.41) is 4.61. The summed E-state index contributed by atoms with van der Waals surface area (Å²) < 4.78 is 5.32. The molecule has 2 heterocycles. The summed E-state index contributed by atoms with van der Waals surface area (Å²) in [5.41, 5.74) is 7.06. The second-order valence-electron chi connectivity index (χ2n) is 7.40. The van der Waals surface area contributed by atoms with Gasteiger partial charge in [0.25, 0.3) is 5.91 Å². The number of ether oxygens (including phenoxy) is 1. The molecule has 1 N–H and O–H groups in total. The smallest absolute Gasteiger partial charge is 0.254 e. The lowest BCUT2D eigenvalue weighted by Crippen LogP contribution is -2.40. The van der Waals surface area contributed by atoms with E-state index in [2.05, 4.69) is 37.4 Å². The summed E-state index contributed by atoms with van der Waals surface area (Å²) in [7, 11) is 0. The van der Waals surface area contributed by atoms with Crippen LogP contribution in [-0.4, -0.2) is 42.1 Å². The first-order chi connectivity index (χ1) is 13.5. The van der Waals surface area contributed by atoms with Crippen LogP contribution in [0.25, 0.3) is 10.9 Å². The average molecular weight is 375 g/mol. The van der Waals surface area contributed by atoms with Crippen LogP contribution in [0.5, 0.6) is 0 Å². The standard InChI is InChI=1S/C23H25N3O2/c1-15-12-16(2)22-20(13-15)21(14-17(3)24-22)25-19-6-4-18(5-7-19)23(27)26-8-10-28-11-9-26/h4-7,12-14H,8-11H2,1-3H3,(H,24,25). The second-order valence-corrected chi connectivity index (χ2v) is 7.40. The van der Waals surface area contributed by atoms with Gasteiger partial charge in [0.05, 0.1) is 18.7 Å². The van der Waals surface area contributed by atoms with Crippen LogP contribution in [0.4, 0.5) is 11.4 Å². The van der Waals surface area contributed by atoms with Crippen LogP contribution in [0, 0.1) is 20.8 Å². The van der Waals surface area contributed by atoms with Gasteiger partial charge in [-0.3, -0.25) is 9.78 Å². The minimum Gasteiger partial charge on any atom is -0.378 e. The molecule has 2 aromatic carbocycles. The fourth-order valence-electron chi connectivity index (χ4n) is 3.71. The molecule has 0 spiro atoms. The topological polar surface area (TPSA) is 54.5 Å². The third-order valence-electron chi connectivity index (χ3n) is 5.09. The molecule has 1 aliphatic heterocycles. The first-order valence-corrected chi connectivity index (χ1v) is 9.64. The second kappa shape index (κ2) is 7.60. The molecule has 1 fully saturated rings. The Morgan fingerprint density at radius 3 is 2.46 bits per heavy atom. The van der Waals surface area contributed by atoms with Gasteiger partial charge in [-0.2, -0.15) is 0 Å². The molecular weight excluding hydrogens is 350 g/mol. The number of hydrogen-bond donors (Lipinski definition) is 1. The normalized spacial score (nSPS) is 14.3. The highest BCUT2D eigenvalue weighted by Crippen LogP contribution is 2.29. The lowest BCUT2D eigenvalue weighted by molar-refractivity contribution is 0.0303. The summed E-state index contributed by atoms with van der Waals surface area (Å²) in [6, 6.07) is 14.1. The highest BCUT2D eigenvalue weighted by Gasteiger charge is 2.18. The zero-order valence-electron chi connectivity index (χ0n) is 16.6. The van der Waals surface area contributed by atoms with E-state index in [1.165, 1.54) is 11.1 Å². The molecule has 0 unspecified atom stereocenters. The molecule has 5 nitrogen and oxygen atoms in total. The summed E-state index contributed by atoms with van der Waals surface area (Å²) in [6.07, 6.45) is 0. The summed E-state index contributed by atoms with van der Waals surface area (Å²) in [6.45, 7) is 8.73. The zero-order valence-corrected chi connectivity index (χ0v) is 16.6. The summed E-state index contributed by atoms with van der Waals surface area (Å²) >= 11 is 0. The average Bonchev–Trinajstić information content (AvgIpc) is 2.69. The van der Waals surface area contributed by atoms with Crippen LogP contribution in [0.2, 0.25) is 0 Å². The quantitative estimate of drug-likeness (QED) is 0.738. The Kier molecular flexibility index (Phi) is 5.01. The van der Waals surface area contributed by atoms with Crippen molar-refractivity contribution in [2.75, 3.05) is 31.6 Å². The molecule has 0 radical (unpaired) electrons. The molecule has 1 aliphatic rings. The number of pyridine rings is 1. The molecule has 0 atom stereocenters. The number of aromatic nitrogens is 1. The maximum atomic E-state index is 12.6. The minimum atomic E-state index is 0.0614. The van der Waals surface area contributed by atoms with Crippen molar-refractivity contribution >= 4 is 28.2 Å². The number of aryl methyl sites for hydroxylation is 3. The lowest BCUT2D eigenvalue weighted by Gasteiger charge is -2.26. The van der Waals surface area contributed by atoms with Crippen molar-refractivity contribution in [3.05, 3.63) is 64.8 Å². The van der Waals surface area contributed by atoms with Crippen LogP contribution in [0.15, 0.2) is 42.5 Å². The van der Waals surface area contributed by atoms with E-state index in [9.17, 15) is 4.79 Å².